The molecule has 0 radical (unpaired) electrons. The number of carboxylic acid groups (broad SMARTS) is 1. The van der Waals surface area contributed by atoms with Crippen LogP contribution in [0.15, 0.2) is 24.3 Å². The lowest BCUT2D eigenvalue weighted by Gasteiger charge is -2.21. The molecule has 0 heterocycles. The number of aryl methyl sites for hydroxylation is 1. The lowest BCUT2D eigenvalue weighted by molar-refractivity contribution is -0.141. The lowest BCUT2D eigenvalue weighted by atomic mass is 10.0. The molecule has 1 aromatic carbocycles. The molecule has 0 saturated heterocycles. The Kier molecular flexibility index (Phi) is 10.9. The van der Waals surface area contributed by atoms with Crippen LogP contribution in [0.4, 0.5) is 4.79 Å². The number of carbonyl (C=O) groups is 3. The second kappa shape index (κ2) is 12.9. The van der Waals surface area contributed by atoms with Gasteiger partial charge in [-0.2, -0.15) is 0 Å². The third-order valence-electron chi connectivity index (χ3n) is 4.30. The van der Waals surface area contributed by atoms with E-state index in [1.54, 1.807) is 20.8 Å². The van der Waals surface area contributed by atoms with Crippen molar-refractivity contribution in [1.82, 2.24) is 5.32 Å². The van der Waals surface area contributed by atoms with Crippen molar-refractivity contribution in [1.29, 1.82) is 0 Å². The van der Waals surface area contributed by atoms with Gasteiger partial charge in [0.25, 0.3) is 0 Å². The number of hydrogen-bond donors (Lipinski definition) is 2. The van der Waals surface area contributed by atoms with Crippen LogP contribution in [-0.2, 0) is 20.7 Å². The molecule has 1 aromatic rings. The summed E-state index contributed by atoms with van der Waals surface area (Å²) in [6.45, 7) is 7.89. The maximum atomic E-state index is 12.2. The molecular formula is C23H35NO6. The van der Waals surface area contributed by atoms with Crippen LogP contribution in [0, 0.1) is 0 Å². The molecule has 0 aliphatic heterocycles. The molecule has 7 nitrogen and oxygen atoms in total. The second-order valence-corrected chi connectivity index (χ2v) is 8.33. The van der Waals surface area contributed by atoms with E-state index in [0.29, 0.717) is 13.0 Å². The summed E-state index contributed by atoms with van der Waals surface area (Å²) >= 11 is 0. The number of carbonyl (C=O) groups excluding carboxylic acids is 2. The van der Waals surface area contributed by atoms with Crippen LogP contribution in [0.3, 0.4) is 0 Å². The fourth-order valence-corrected chi connectivity index (χ4v) is 2.73. The predicted molar refractivity (Wildman–Crippen MR) is 115 cm³/mol. The highest BCUT2D eigenvalue weighted by Gasteiger charge is 2.26. The van der Waals surface area contributed by atoms with Gasteiger partial charge in [0.2, 0.25) is 0 Å². The van der Waals surface area contributed by atoms with Crippen molar-refractivity contribution < 1.29 is 29.0 Å². The number of unbranched alkanes of at least 4 members (excludes halogenated alkanes) is 3. The highest BCUT2D eigenvalue weighted by atomic mass is 16.6. The Morgan fingerprint density at radius 3 is 2.30 bits per heavy atom. The van der Waals surface area contributed by atoms with E-state index in [1.807, 2.05) is 24.3 Å². The average Bonchev–Trinajstić information content (AvgIpc) is 2.65. The van der Waals surface area contributed by atoms with Gasteiger partial charge in [-0.15, -0.1) is 0 Å². The molecule has 0 saturated carbocycles. The van der Waals surface area contributed by atoms with E-state index < -0.39 is 23.7 Å². The number of ketones is 1. The van der Waals surface area contributed by atoms with Gasteiger partial charge in [-0.3, -0.25) is 4.79 Å². The van der Waals surface area contributed by atoms with Crippen molar-refractivity contribution in [3.05, 3.63) is 29.8 Å². The Morgan fingerprint density at radius 2 is 1.73 bits per heavy atom. The monoisotopic (exact) mass is 421 g/mol. The molecular weight excluding hydrogens is 386 g/mol. The zero-order valence-corrected chi connectivity index (χ0v) is 18.5. The summed E-state index contributed by atoms with van der Waals surface area (Å²) in [6.07, 6.45) is 4.15. The maximum Gasteiger partial charge on any atom is 0.408 e. The van der Waals surface area contributed by atoms with E-state index in [9.17, 15) is 19.5 Å². The van der Waals surface area contributed by atoms with Crippen molar-refractivity contribution in [3.8, 4) is 5.75 Å². The van der Waals surface area contributed by atoms with Crippen molar-refractivity contribution in [3.63, 3.8) is 0 Å². The van der Waals surface area contributed by atoms with Crippen molar-refractivity contribution >= 4 is 17.8 Å². The molecule has 1 rings (SSSR count). The molecule has 7 heteroatoms. The van der Waals surface area contributed by atoms with Gasteiger partial charge in [-0.25, -0.2) is 9.59 Å². The van der Waals surface area contributed by atoms with Gasteiger partial charge in [-0.05, 0) is 51.3 Å². The lowest BCUT2D eigenvalue weighted by Crippen LogP contribution is -2.44. The summed E-state index contributed by atoms with van der Waals surface area (Å²) in [5.41, 5.74) is 0.219. The van der Waals surface area contributed by atoms with Crippen LogP contribution in [0.2, 0.25) is 0 Å². The Hall–Kier alpha value is -2.57. The summed E-state index contributed by atoms with van der Waals surface area (Å²) in [5, 5.41) is 11.5. The smallest absolute Gasteiger partial charge is 0.408 e. The van der Waals surface area contributed by atoms with E-state index in [2.05, 4.69) is 12.2 Å². The Morgan fingerprint density at radius 1 is 1.07 bits per heavy atom. The van der Waals surface area contributed by atoms with Gasteiger partial charge in [0.15, 0.2) is 0 Å². The maximum absolute atomic E-state index is 12.2. The van der Waals surface area contributed by atoms with Crippen LogP contribution in [0.1, 0.15) is 71.8 Å². The fourth-order valence-electron chi connectivity index (χ4n) is 2.73. The van der Waals surface area contributed by atoms with Crippen molar-refractivity contribution in [2.24, 2.45) is 0 Å². The molecule has 0 aliphatic rings. The van der Waals surface area contributed by atoms with Crippen LogP contribution < -0.4 is 10.1 Å². The first-order valence-corrected chi connectivity index (χ1v) is 10.6. The highest BCUT2D eigenvalue weighted by molar-refractivity contribution is 5.88. The van der Waals surface area contributed by atoms with E-state index in [-0.39, 0.29) is 18.6 Å². The Bertz CT molecular complexity index is 678. The minimum absolute atomic E-state index is 0.191. The number of carboxylic acids is 1. The molecule has 168 valence electrons. The molecule has 0 fully saturated rings. The number of aliphatic carboxylic acids is 1. The number of amides is 1. The summed E-state index contributed by atoms with van der Waals surface area (Å²) in [5.74, 6) is -0.710. The van der Waals surface area contributed by atoms with Gasteiger partial charge in [0.1, 0.15) is 23.2 Å². The molecule has 1 unspecified atom stereocenters. The van der Waals surface area contributed by atoms with Crippen LogP contribution in [-0.4, -0.2) is 41.2 Å². The number of hydrogen-bond acceptors (Lipinski definition) is 5. The van der Waals surface area contributed by atoms with E-state index in [0.717, 1.165) is 24.2 Å². The van der Waals surface area contributed by atoms with E-state index in [4.69, 9.17) is 9.47 Å². The van der Waals surface area contributed by atoms with Gasteiger partial charge in [-0.1, -0.05) is 38.3 Å². The van der Waals surface area contributed by atoms with Crippen molar-refractivity contribution in [2.45, 2.75) is 84.3 Å². The SMILES string of the molecule is CCCCCCOc1ccc(CCC(=O)CC(NC(=O)OC(C)(C)C)C(=O)O)cc1. The molecule has 1 amide bonds. The zero-order chi connectivity index (χ0) is 22.6. The molecule has 0 spiro atoms. The summed E-state index contributed by atoms with van der Waals surface area (Å²) in [4.78, 5) is 35.3. The van der Waals surface area contributed by atoms with Crippen LogP contribution >= 0.6 is 0 Å². The topological polar surface area (TPSA) is 102 Å². The first-order chi connectivity index (χ1) is 14.1. The number of nitrogens with one attached hydrogen (secondary N) is 1. The number of ether oxygens (including phenoxy) is 2. The summed E-state index contributed by atoms with van der Waals surface area (Å²) < 4.78 is 10.8. The van der Waals surface area contributed by atoms with Gasteiger partial charge in [0, 0.05) is 12.8 Å². The standard InChI is InChI=1S/C23H35NO6/c1-5-6-7-8-15-29-19-13-10-17(11-14-19)9-12-18(25)16-20(21(26)27)24-22(28)30-23(2,3)4/h10-11,13-14,20H,5-9,12,15-16H2,1-4H3,(H,24,28)(H,26,27). The largest absolute Gasteiger partial charge is 0.494 e. The van der Waals surface area contributed by atoms with Crippen LogP contribution in [0.5, 0.6) is 5.75 Å². The first-order valence-electron chi connectivity index (χ1n) is 10.6. The minimum Gasteiger partial charge on any atom is -0.494 e. The number of benzene rings is 1. The molecule has 0 bridgehead atoms. The summed E-state index contributed by atoms with van der Waals surface area (Å²) in [7, 11) is 0. The molecule has 1 atom stereocenters. The van der Waals surface area contributed by atoms with E-state index in [1.165, 1.54) is 12.8 Å². The van der Waals surface area contributed by atoms with Gasteiger partial charge in [0.05, 0.1) is 6.61 Å². The van der Waals surface area contributed by atoms with Gasteiger partial charge < -0.3 is 19.9 Å². The molecule has 30 heavy (non-hydrogen) atoms. The molecule has 2 N–H and O–H groups in total. The fraction of sp³-hybridized carbons (Fsp3) is 0.609. The zero-order valence-electron chi connectivity index (χ0n) is 18.5. The molecule has 0 aromatic heterocycles. The predicted octanol–water partition coefficient (Wildman–Crippen LogP) is 4.52. The third-order valence-corrected chi connectivity index (χ3v) is 4.30. The third kappa shape index (κ3) is 11.4. The van der Waals surface area contributed by atoms with E-state index >= 15 is 0 Å². The number of rotatable bonds is 13. The highest BCUT2D eigenvalue weighted by Crippen LogP contribution is 2.15. The normalized spacial score (nSPS) is 12.1. The van der Waals surface area contributed by atoms with Crippen LogP contribution in [0.25, 0.3) is 0 Å². The summed E-state index contributed by atoms with van der Waals surface area (Å²) in [6, 6.07) is 6.26. The minimum atomic E-state index is -1.31. The Balaban J connectivity index is 2.42. The number of Topliss-reactive ketones (excluding diaryl/α,β-unsaturated/α-hetero) is 1. The Labute approximate surface area is 179 Å². The van der Waals surface area contributed by atoms with Gasteiger partial charge >= 0.3 is 12.1 Å². The quantitative estimate of drug-likeness (QED) is 0.454. The molecule has 0 aliphatic carbocycles. The first kappa shape index (κ1) is 25.5. The second-order valence-electron chi connectivity index (χ2n) is 8.33. The van der Waals surface area contributed by atoms with Crippen molar-refractivity contribution in [2.75, 3.05) is 6.61 Å². The average molecular weight is 422 g/mol. The number of alkyl carbamates (subject to hydrolysis) is 1.